The normalized spacial score (nSPS) is 20.3. The topological polar surface area (TPSA) is 93.0 Å². The van der Waals surface area contributed by atoms with Crippen LogP contribution in [0.2, 0.25) is 0 Å². The summed E-state index contributed by atoms with van der Waals surface area (Å²) >= 11 is 0. The van der Waals surface area contributed by atoms with Gasteiger partial charge in [-0.3, -0.25) is 4.40 Å². The van der Waals surface area contributed by atoms with Gasteiger partial charge >= 0.3 is 0 Å². The third-order valence-electron chi connectivity index (χ3n) is 5.50. The molecule has 0 radical (unpaired) electrons. The maximum absolute atomic E-state index is 13.1. The molecule has 28 heavy (non-hydrogen) atoms. The summed E-state index contributed by atoms with van der Waals surface area (Å²) in [5.41, 5.74) is 2.37. The molecule has 1 N–H and O–H groups in total. The molecule has 1 saturated carbocycles. The van der Waals surface area contributed by atoms with Gasteiger partial charge in [-0.25, -0.2) is 17.8 Å². The van der Waals surface area contributed by atoms with Crippen molar-refractivity contribution in [3.05, 3.63) is 54.4 Å². The van der Waals surface area contributed by atoms with Crippen molar-refractivity contribution in [2.45, 2.75) is 30.1 Å². The van der Waals surface area contributed by atoms with Crippen molar-refractivity contribution in [1.82, 2.24) is 24.6 Å². The lowest BCUT2D eigenvalue weighted by molar-refractivity contribution is 0.549. The Balaban J connectivity index is 1.40. The van der Waals surface area contributed by atoms with E-state index in [1.807, 2.05) is 16.7 Å². The Morgan fingerprint density at radius 2 is 1.96 bits per heavy atom. The summed E-state index contributed by atoms with van der Waals surface area (Å²) in [6.45, 7) is 0. The smallest absolute Gasteiger partial charge is 0.179 e. The summed E-state index contributed by atoms with van der Waals surface area (Å²) in [6.07, 6.45) is 5.91. The van der Waals surface area contributed by atoms with E-state index < -0.39 is 15.7 Å². The SMILES string of the molecule is O=S(=O)(C[C@H]1CC[C@@H](c2nnc3cnc4[nH]ccc4n23)C1)c1ccc(F)cc1. The number of halogens is 1. The zero-order valence-corrected chi connectivity index (χ0v) is 15.7. The first-order valence-corrected chi connectivity index (χ1v) is 10.8. The van der Waals surface area contributed by atoms with E-state index in [1.54, 1.807) is 6.20 Å². The van der Waals surface area contributed by atoms with Crippen LogP contribution in [0.4, 0.5) is 4.39 Å². The fourth-order valence-corrected chi connectivity index (χ4v) is 5.84. The molecule has 0 amide bonds. The number of rotatable bonds is 4. The van der Waals surface area contributed by atoms with E-state index in [0.717, 1.165) is 36.3 Å². The highest BCUT2D eigenvalue weighted by Crippen LogP contribution is 2.39. The Morgan fingerprint density at radius 3 is 2.79 bits per heavy atom. The predicted molar refractivity (Wildman–Crippen MR) is 101 cm³/mol. The number of nitrogens with zero attached hydrogens (tertiary/aromatic N) is 4. The molecule has 1 fully saturated rings. The number of benzene rings is 1. The molecular formula is C19H18FN5O2S. The molecule has 9 heteroatoms. The fraction of sp³-hybridized carbons (Fsp3) is 0.316. The molecule has 3 heterocycles. The van der Waals surface area contributed by atoms with E-state index in [9.17, 15) is 12.8 Å². The van der Waals surface area contributed by atoms with E-state index >= 15 is 0 Å². The largest absolute Gasteiger partial charge is 0.345 e. The van der Waals surface area contributed by atoms with Crippen LogP contribution in [0.25, 0.3) is 16.8 Å². The quantitative estimate of drug-likeness (QED) is 0.532. The van der Waals surface area contributed by atoms with Gasteiger partial charge in [-0.05, 0) is 55.5 Å². The first kappa shape index (κ1) is 17.3. The summed E-state index contributed by atoms with van der Waals surface area (Å²) in [5.74, 6) is 0.653. The number of hydrogen-bond donors (Lipinski definition) is 1. The Labute approximate surface area is 160 Å². The van der Waals surface area contributed by atoms with E-state index in [-0.39, 0.29) is 22.5 Å². The van der Waals surface area contributed by atoms with Crippen LogP contribution in [0.3, 0.4) is 0 Å². The number of H-pyrrole nitrogens is 1. The summed E-state index contributed by atoms with van der Waals surface area (Å²) in [6, 6.07) is 6.97. The summed E-state index contributed by atoms with van der Waals surface area (Å²) in [4.78, 5) is 7.59. The van der Waals surface area contributed by atoms with Gasteiger partial charge < -0.3 is 4.98 Å². The van der Waals surface area contributed by atoms with Crippen molar-refractivity contribution in [3.63, 3.8) is 0 Å². The fourth-order valence-electron chi connectivity index (χ4n) is 4.17. The zero-order chi connectivity index (χ0) is 19.3. The highest BCUT2D eigenvalue weighted by Gasteiger charge is 2.33. The first-order valence-electron chi connectivity index (χ1n) is 9.17. The molecule has 0 unspecified atom stereocenters. The van der Waals surface area contributed by atoms with Crippen molar-refractivity contribution in [2.24, 2.45) is 5.92 Å². The van der Waals surface area contributed by atoms with Crippen LogP contribution in [-0.2, 0) is 9.84 Å². The highest BCUT2D eigenvalue weighted by atomic mass is 32.2. The minimum absolute atomic E-state index is 0.0379. The lowest BCUT2D eigenvalue weighted by atomic mass is 10.1. The minimum Gasteiger partial charge on any atom is -0.345 e. The van der Waals surface area contributed by atoms with Gasteiger partial charge in [-0.2, -0.15) is 0 Å². The molecule has 5 rings (SSSR count). The average molecular weight is 399 g/mol. The molecule has 0 aliphatic heterocycles. The Bertz CT molecular complexity index is 1260. The van der Waals surface area contributed by atoms with Crippen LogP contribution in [0, 0.1) is 11.7 Å². The third kappa shape index (κ3) is 2.86. The van der Waals surface area contributed by atoms with Gasteiger partial charge in [0.15, 0.2) is 21.1 Å². The van der Waals surface area contributed by atoms with Gasteiger partial charge in [0.1, 0.15) is 11.6 Å². The molecule has 7 nitrogen and oxygen atoms in total. The summed E-state index contributed by atoms with van der Waals surface area (Å²) in [5, 5.41) is 8.61. The second-order valence-electron chi connectivity index (χ2n) is 7.33. The lowest BCUT2D eigenvalue weighted by Gasteiger charge is -2.12. The lowest BCUT2D eigenvalue weighted by Crippen LogP contribution is -2.14. The van der Waals surface area contributed by atoms with Gasteiger partial charge in [-0.1, -0.05) is 0 Å². The number of sulfone groups is 1. The molecule has 1 aliphatic rings. The Kier molecular flexibility index (Phi) is 3.94. The molecule has 1 aliphatic carbocycles. The summed E-state index contributed by atoms with van der Waals surface area (Å²) < 4.78 is 40.4. The van der Waals surface area contributed by atoms with E-state index in [1.165, 1.54) is 24.3 Å². The van der Waals surface area contributed by atoms with Gasteiger partial charge in [0, 0.05) is 12.1 Å². The van der Waals surface area contributed by atoms with Gasteiger partial charge in [0.25, 0.3) is 0 Å². The van der Waals surface area contributed by atoms with Crippen LogP contribution < -0.4 is 0 Å². The zero-order valence-electron chi connectivity index (χ0n) is 14.9. The van der Waals surface area contributed by atoms with Crippen molar-refractivity contribution < 1.29 is 12.8 Å². The second-order valence-corrected chi connectivity index (χ2v) is 9.37. The van der Waals surface area contributed by atoms with Gasteiger partial charge in [-0.15, -0.1) is 10.2 Å². The van der Waals surface area contributed by atoms with Crippen molar-refractivity contribution in [1.29, 1.82) is 0 Å². The Morgan fingerprint density at radius 1 is 1.14 bits per heavy atom. The maximum atomic E-state index is 13.1. The molecule has 0 bridgehead atoms. The molecular weight excluding hydrogens is 381 g/mol. The predicted octanol–water partition coefficient (Wildman–Crippen LogP) is 3.10. The van der Waals surface area contributed by atoms with E-state index in [0.29, 0.717) is 5.65 Å². The molecule has 3 aromatic heterocycles. The number of nitrogens with one attached hydrogen (secondary N) is 1. The number of fused-ring (bicyclic) bond motifs is 3. The minimum atomic E-state index is -3.45. The molecule has 0 saturated heterocycles. The molecule has 1 aromatic carbocycles. The number of aromatic amines is 1. The van der Waals surface area contributed by atoms with Crippen LogP contribution >= 0.6 is 0 Å². The van der Waals surface area contributed by atoms with Gasteiger partial charge in [0.2, 0.25) is 0 Å². The third-order valence-corrected chi connectivity index (χ3v) is 7.40. The molecule has 144 valence electrons. The maximum Gasteiger partial charge on any atom is 0.179 e. The van der Waals surface area contributed by atoms with Crippen molar-refractivity contribution >= 4 is 26.6 Å². The van der Waals surface area contributed by atoms with E-state index in [2.05, 4.69) is 20.2 Å². The van der Waals surface area contributed by atoms with Crippen LogP contribution in [0.1, 0.15) is 31.0 Å². The average Bonchev–Trinajstić information content (AvgIpc) is 3.39. The standard InChI is InChI=1S/C19H18FN5O2S/c20-14-3-5-15(6-4-14)28(26,27)11-12-1-2-13(9-12)19-24-23-17-10-22-18-16(25(17)19)7-8-21-18/h3-8,10,12-13,21H,1-2,9,11H2/t12-,13+/m0/s1. The van der Waals surface area contributed by atoms with Crippen molar-refractivity contribution in [2.75, 3.05) is 5.75 Å². The molecule has 2 atom stereocenters. The van der Waals surface area contributed by atoms with Crippen LogP contribution in [0.15, 0.2) is 47.6 Å². The second kappa shape index (κ2) is 6.37. The van der Waals surface area contributed by atoms with E-state index in [4.69, 9.17) is 0 Å². The monoisotopic (exact) mass is 399 g/mol. The van der Waals surface area contributed by atoms with Crippen LogP contribution in [-0.4, -0.2) is 38.7 Å². The van der Waals surface area contributed by atoms with Gasteiger partial charge in [0.05, 0.1) is 22.4 Å². The molecule has 4 aromatic rings. The number of hydrogen-bond acceptors (Lipinski definition) is 5. The number of aromatic nitrogens is 5. The highest BCUT2D eigenvalue weighted by molar-refractivity contribution is 7.91. The van der Waals surface area contributed by atoms with Crippen molar-refractivity contribution in [3.8, 4) is 0 Å². The van der Waals surface area contributed by atoms with Crippen LogP contribution in [0.5, 0.6) is 0 Å². The Hall–Kier alpha value is -2.81. The summed E-state index contributed by atoms with van der Waals surface area (Å²) in [7, 11) is -3.45. The first-order chi connectivity index (χ1) is 13.5. The molecule has 0 spiro atoms.